The van der Waals surface area contributed by atoms with Crippen molar-refractivity contribution in [2.24, 2.45) is 0 Å². The molecule has 0 heterocycles. The molecule has 2 aromatic carbocycles. The maximum absolute atomic E-state index is 2.60. The van der Waals surface area contributed by atoms with E-state index in [9.17, 15) is 0 Å². The van der Waals surface area contributed by atoms with E-state index < -0.39 is 39.4 Å². The minimum absolute atomic E-state index is 0. The second kappa shape index (κ2) is 9.13. The Morgan fingerprint density at radius 1 is 0.724 bits per heavy atom. The summed E-state index contributed by atoms with van der Waals surface area (Å²) in [7, 11) is -2.55. The smallest absolute Gasteiger partial charge is 1.00 e. The monoisotopic (exact) mass is 534 g/mol. The summed E-state index contributed by atoms with van der Waals surface area (Å²) in [6.45, 7) is 15.3. The summed E-state index contributed by atoms with van der Waals surface area (Å²) >= 11 is -0.782. The average molecular weight is 537 g/mol. The molecule has 4 rings (SSSR count). The molecule has 0 bridgehead atoms. The van der Waals surface area contributed by atoms with Gasteiger partial charge in [0.25, 0.3) is 0 Å². The molecule has 2 aliphatic carbocycles. The molecular weight excluding hydrogens is 507 g/mol. The molecule has 2 aromatic rings. The zero-order valence-electron chi connectivity index (χ0n) is 18.2. The maximum atomic E-state index is 2.60. The molecule has 0 saturated heterocycles. The quantitative estimate of drug-likeness (QED) is 0.517. The third-order valence-corrected chi connectivity index (χ3v) is 16.1. The summed E-state index contributed by atoms with van der Waals surface area (Å²) < 4.78 is 2.62. The average Bonchev–Trinajstić information content (AvgIpc) is 3.16. The molecule has 0 aliphatic heterocycles. The van der Waals surface area contributed by atoms with Crippen molar-refractivity contribution in [3.8, 4) is 11.1 Å². The van der Waals surface area contributed by atoms with Crippen LogP contribution in [0.4, 0.5) is 0 Å². The number of hydrogen-bond donors (Lipinski definition) is 0. The van der Waals surface area contributed by atoms with E-state index in [0.29, 0.717) is 3.63 Å². The van der Waals surface area contributed by atoms with Crippen LogP contribution in [0.25, 0.3) is 11.1 Å². The molecule has 152 valence electrons. The van der Waals surface area contributed by atoms with Crippen LogP contribution in [-0.4, -0.2) is 16.1 Å². The van der Waals surface area contributed by atoms with Gasteiger partial charge in [0.15, 0.2) is 0 Å². The Balaban J connectivity index is 0.00000150. The third-order valence-electron chi connectivity index (χ3n) is 5.93. The van der Waals surface area contributed by atoms with Gasteiger partial charge < -0.3 is 24.8 Å². The number of allylic oxidation sites excluding steroid dienone is 4. The molecule has 5 heteroatoms. The largest absolute Gasteiger partial charge is 1.00 e. The summed E-state index contributed by atoms with van der Waals surface area (Å²) in [5.74, 6) is 0. The van der Waals surface area contributed by atoms with Gasteiger partial charge in [-0.15, -0.1) is 0 Å². The van der Waals surface area contributed by atoms with Crippen LogP contribution < -0.4 is 24.8 Å². The van der Waals surface area contributed by atoms with Gasteiger partial charge in [0, 0.05) is 0 Å². The third kappa shape index (κ3) is 4.70. The Kier molecular flexibility index (Phi) is 7.89. The van der Waals surface area contributed by atoms with Gasteiger partial charge in [-0.05, 0) is 0 Å². The fraction of sp³-hybridized carbons (Fsp3) is 0.333. The molecule has 0 radical (unpaired) electrons. The van der Waals surface area contributed by atoms with Gasteiger partial charge in [0.05, 0.1) is 0 Å². The summed E-state index contributed by atoms with van der Waals surface area (Å²) in [5, 5.41) is 1.79. The normalized spacial score (nSPS) is 17.9. The van der Waals surface area contributed by atoms with Crippen molar-refractivity contribution in [3.63, 3.8) is 0 Å². The molecule has 29 heavy (non-hydrogen) atoms. The van der Waals surface area contributed by atoms with Crippen molar-refractivity contribution in [2.75, 3.05) is 0 Å². The van der Waals surface area contributed by atoms with E-state index in [1.165, 1.54) is 11.1 Å². The van der Waals surface area contributed by atoms with Gasteiger partial charge in [0.2, 0.25) is 0 Å². The molecule has 0 N–H and O–H groups in total. The number of hydrogen-bond acceptors (Lipinski definition) is 0. The van der Waals surface area contributed by atoms with Crippen LogP contribution in [0.2, 0.25) is 44.8 Å². The standard InChI is InChI=1S/C13H9.C11H21Si2.2ClH.Zr/c1-3-7-12-10(5-1)9-11-6-2-4-8-13(11)12;1-12(2,3)10-7-8-11(9-10)13(4,5)6;;;/h1-9H;7-8,10H,1-6H3;2*1H;/q;;;;+2/p-2. The minimum atomic E-state index is -1.31. The Labute approximate surface area is 202 Å². The van der Waals surface area contributed by atoms with E-state index in [1.807, 2.05) is 3.28 Å². The summed E-state index contributed by atoms with van der Waals surface area (Å²) in [5.41, 5.74) is 6.96. The topological polar surface area (TPSA) is 0 Å². The first-order valence-electron chi connectivity index (χ1n) is 10.1. The first kappa shape index (κ1) is 25.1. The van der Waals surface area contributed by atoms with Gasteiger partial charge in [-0.2, -0.15) is 0 Å². The summed E-state index contributed by atoms with van der Waals surface area (Å²) in [6.07, 6.45) is 5.15. The zero-order valence-corrected chi connectivity index (χ0v) is 24.2. The van der Waals surface area contributed by atoms with Gasteiger partial charge in [-0.1, -0.05) is 0 Å². The number of halogens is 2. The fourth-order valence-electron chi connectivity index (χ4n) is 4.56. The molecule has 0 fully saturated rings. The molecule has 0 aromatic heterocycles. The van der Waals surface area contributed by atoms with Crippen molar-refractivity contribution in [2.45, 2.75) is 48.4 Å². The van der Waals surface area contributed by atoms with Crippen LogP contribution in [-0.2, 0) is 23.2 Å². The molecular formula is C24H30Cl2Si2Zr. The van der Waals surface area contributed by atoms with E-state index in [1.54, 1.807) is 16.3 Å². The SMILES string of the molecule is C[Si](C)(C)C1=[C]([Zr+2][CH]2c3ccccc3-c3ccccc32)C([Si](C)(C)C)C=C1.[Cl-].[Cl-]. The predicted octanol–water partition coefficient (Wildman–Crippen LogP) is 1.26. The Hall–Kier alpha value is -0.183. The van der Waals surface area contributed by atoms with Crippen LogP contribution >= 0.6 is 0 Å². The minimum Gasteiger partial charge on any atom is -1.00 e. The first-order valence-corrected chi connectivity index (χ1v) is 19.8. The molecule has 0 nitrogen and oxygen atoms in total. The van der Waals surface area contributed by atoms with Crippen LogP contribution in [0.1, 0.15) is 14.8 Å². The van der Waals surface area contributed by atoms with Crippen LogP contribution in [0.5, 0.6) is 0 Å². The summed E-state index contributed by atoms with van der Waals surface area (Å²) in [6, 6.07) is 18.4. The molecule has 0 saturated carbocycles. The summed E-state index contributed by atoms with van der Waals surface area (Å²) in [4.78, 5) is 0. The van der Waals surface area contributed by atoms with Crippen molar-refractivity contribution < 1.29 is 48.0 Å². The second-order valence-corrected chi connectivity index (χ2v) is 23.9. The van der Waals surface area contributed by atoms with Gasteiger partial charge in [-0.25, -0.2) is 0 Å². The molecule has 0 spiro atoms. The van der Waals surface area contributed by atoms with E-state index in [-0.39, 0.29) is 24.8 Å². The van der Waals surface area contributed by atoms with Crippen LogP contribution in [0.3, 0.4) is 0 Å². The number of benzene rings is 2. The Morgan fingerprint density at radius 2 is 1.21 bits per heavy atom. The van der Waals surface area contributed by atoms with Gasteiger partial charge >= 0.3 is 179 Å². The zero-order chi connectivity index (χ0) is 19.4. The van der Waals surface area contributed by atoms with Gasteiger partial charge in [0.1, 0.15) is 0 Å². The van der Waals surface area contributed by atoms with Crippen molar-refractivity contribution in [1.82, 2.24) is 0 Å². The van der Waals surface area contributed by atoms with Crippen molar-refractivity contribution in [1.29, 1.82) is 0 Å². The Bertz CT molecular complexity index is 906. The second-order valence-electron chi connectivity index (χ2n) is 10.0. The van der Waals surface area contributed by atoms with Crippen LogP contribution in [0, 0.1) is 0 Å². The van der Waals surface area contributed by atoms with Crippen molar-refractivity contribution >= 4 is 16.1 Å². The fourth-order valence-corrected chi connectivity index (χ4v) is 18.9. The van der Waals surface area contributed by atoms with E-state index in [0.717, 1.165) is 5.54 Å². The van der Waals surface area contributed by atoms with E-state index in [2.05, 4.69) is 100.0 Å². The number of rotatable bonds is 4. The molecule has 1 unspecified atom stereocenters. The van der Waals surface area contributed by atoms with E-state index in [4.69, 9.17) is 0 Å². The van der Waals surface area contributed by atoms with Crippen molar-refractivity contribution in [3.05, 3.63) is 80.3 Å². The van der Waals surface area contributed by atoms with E-state index >= 15 is 0 Å². The molecule has 2 aliphatic rings. The predicted molar refractivity (Wildman–Crippen MR) is 120 cm³/mol. The first-order chi connectivity index (χ1) is 12.7. The number of fused-ring (bicyclic) bond motifs is 3. The van der Waals surface area contributed by atoms with Gasteiger partial charge in [-0.3, -0.25) is 0 Å². The molecule has 1 atom stereocenters. The Morgan fingerprint density at radius 3 is 1.66 bits per heavy atom. The maximum Gasteiger partial charge on any atom is -1.00 e. The van der Waals surface area contributed by atoms with Crippen LogP contribution in [0.15, 0.2) is 69.2 Å². The molecule has 0 amide bonds.